The van der Waals surface area contributed by atoms with Crippen LogP contribution in [0.1, 0.15) is 18.4 Å². The predicted octanol–water partition coefficient (Wildman–Crippen LogP) is 1.99. The molecule has 28 heavy (non-hydrogen) atoms. The van der Waals surface area contributed by atoms with Crippen molar-refractivity contribution in [2.24, 2.45) is 10.9 Å². The average Bonchev–Trinajstić information content (AvgIpc) is 2.75. The minimum absolute atomic E-state index is 0.101. The third kappa shape index (κ3) is 5.08. The fourth-order valence-electron chi connectivity index (χ4n) is 3.75. The molecule has 0 saturated carbocycles. The van der Waals surface area contributed by atoms with Gasteiger partial charge in [-0.2, -0.15) is 0 Å². The number of morpholine rings is 1. The Labute approximate surface area is 171 Å². The van der Waals surface area contributed by atoms with Crippen LogP contribution in [0.5, 0.6) is 5.75 Å². The van der Waals surface area contributed by atoms with E-state index < -0.39 is 0 Å². The number of hydrogen-bond acceptors (Lipinski definition) is 4. The van der Waals surface area contributed by atoms with Gasteiger partial charge < -0.3 is 24.6 Å². The minimum Gasteiger partial charge on any atom is -0.496 e. The monoisotopic (exact) mass is 408 g/mol. The fraction of sp³-hybridized carbons (Fsp3) is 0.600. The van der Waals surface area contributed by atoms with E-state index in [9.17, 15) is 4.79 Å². The second kappa shape index (κ2) is 9.98. The topological polar surface area (TPSA) is 66.4 Å². The molecule has 0 aromatic heterocycles. The van der Waals surface area contributed by atoms with Crippen molar-refractivity contribution in [2.75, 3.05) is 53.6 Å². The number of piperidine rings is 1. The first-order valence-electron chi connectivity index (χ1n) is 9.77. The van der Waals surface area contributed by atoms with E-state index >= 15 is 0 Å². The van der Waals surface area contributed by atoms with E-state index in [4.69, 9.17) is 21.1 Å². The van der Waals surface area contributed by atoms with Crippen LogP contribution in [0.15, 0.2) is 23.2 Å². The number of hydrogen-bond donors (Lipinski definition) is 1. The summed E-state index contributed by atoms with van der Waals surface area (Å²) in [6, 6.07) is 5.62. The van der Waals surface area contributed by atoms with Crippen LogP contribution in [0.25, 0.3) is 0 Å². The maximum atomic E-state index is 12.7. The Morgan fingerprint density at radius 3 is 2.61 bits per heavy atom. The molecule has 1 aromatic carbocycles. The number of nitrogens with zero attached hydrogens (tertiary/aromatic N) is 3. The molecule has 2 aliphatic rings. The van der Waals surface area contributed by atoms with Gasteiger partial charge in [0.15, 0.2) is 5.96 Å². The molecule has 1 amide bonds. The summed E-state index contributed by atoms with van der Waals surface area (Å²) in [5.74, 6) is 1.97. The molecule has 1 N–H and O–H groups in total. The van der Waals surface area contributed by atoms with Crippen LogP contribution in [-0.4, -0.2) is 75.2 Å². The van der Waals surface area contributed by atoms with Gasteiger partial charge in [-0.15, -0.1) is 0 Å². The molecule has 0 atom stereocenters. The summed E-state index contributed by atoms with van der Waals surface area (Å²) in [4.78, 5) is 21.3. The third-order valence-corrected chi connectivity index (χ3v) is 5.60. The number of halogens is 1. The standard InChI is InChI=1S/C20H29ClN4O3/c1-22-20(23-14-16-3-4-17(21)13-18(16)27-2)25-7-5-15(6-8-25)19(26)24-9-11-28-12-10-24/h3-4,13,15H,5-12,14H2,1-2H3,(H,22,23). The molecule has 8 heteroatoms. The lowest BCUT2D eigenvalue weighted by atomic mass is 9.95. The van der Waals surface area contributed by atoms with E-state index in [1.54, 1.807) is 14.2 Å². The van der Waals surface area contributed by atoms with Crippen molar-refractivity contribution in [2.45, 2.75) is 19.4 Å². The summed E-state index contributed by atoms with van der Waals surface area (Å²) in [5.41, 5.74) is 1.02. The van der Waals surface area contributed by atoms with E-state index in [0.29, 0.717) is 37.9 Å². The zero-order valence-corrected chi connectivity index (χ0v) is 17.4. The molecule has 1 aromatic rings. The van der Waals surface area contributed by atoms with E-state index in [2.05, 4.69) is 15.2 Å². The molecule has 154 valence electrons. The Hall–Kier alpha value is -1.99. The van der Waals surface area contributed by atoms with Crippen molar-refractivity contribution in [1.29, 1.82) is 0 Å². The lowest BCUT2D eigenvalue weighted by Crippen LogP contribution is -2.49. The van der Waals surface area contributed by atoms with Crippen molar-refractivity contribution < 1.29 is 14.3 Å². The summed E-state index contributed by atoms with van der Waals surface area (Å²) in [6.07, 6.45) is 1.70. The highest BCUT2D eigenvalue weighted by molar-refractivity contribution is 6.30. The maximum Gasteiger partial charge on any atom is 0.225 e. The molecule has 2 fully saturated rings. The van der Waals surface area contributed by atoms with E-state index in [-0.39, 0.29) is 11.8 Å². The first-order valence-corrected chi connectivity index (χ1v) is 10.1. The molecule has 0 radical (unpaired) electrons. The zero-order chi connectivity index (χ0) is 19.9. The number of methoxy groups -OCH3 is 1. The molecule has 7 nitrogen and oxygen atoms in total. The van der Waals surface area contributed by atoms with E-state index in [1.807, 2.05) is 23.1 Å². The zero-order valence-electron chi connectivity index (χ0n) is 16.6. The molecule has 2 saturated heterocycles. The first kappa shape index (κ1) is 20.7. The van der Waals surface area contributed by atoms with Crippen molar-refractivity contribution in [3.63, 3.8) is 0 Å². The summed E-state index contributed by atoms with van der Waals surface area (Å²) in [6.45, 7) is 4.96. The average molecular weight is 409 g/mol. The summed E-state index contributed by atoms with van der Waals surface area (Å²) < 4.78 is 10.8. The lowest BCUT2D eigenvalue weighted by Gasteiger charge is -2.36. The normalized spacial score (nSPS) is 18.9. The molecule has 2 aliphatic heterocycles. The number of likely N-dealkylation sites (tertiary alicyclic amines) is 1. The van der Waals surface area contributed by atoms with Gasteiger partial charge in [0.2, 0.25) is 5.91 Å². The highest BCUT2D eigenvalue weighted by atomic mass is 35.5. The van der Waals surface area contributed by atoms with Gasteiger partial charge >= 0.3 is 0 Å². The maximum absolute atomic E-state index is 12.7. The van der Waals surface area contributed by atoms with Gasteiger partial charge in [-0.1, -0.05) is 17.7 Å². The second-order valence-corrected chi connectivity index (χ2v) is 7.49. The Balaban J connectivity index is 1.52. The Morgan fingerprint density at radius 1 is 1.25 bits per heavy atom. The van der Waals surface area contributed by atoms with Crippen LogP contribution in [-0.2, 0) is 16.1 Å². The van der Waals surface area contributed by atoms with Crippen LogP contribution in [0, 0.1) is 5.92 Å². The Kier molecular flexibility index (Phi) is 7.39. The predicted molar refractivity (Wildman–Crippen MR) is 110 cm³/mol. The minimum atomic E-state index is 0.101. The van der Waals surface area contributed by atoms with E-state index in [0.717, 1.165) is 43.2 Å². The Bertz CT molecular complexity index is 699. The van der Waals surface area contributed by atoms with Gasteiger partial charge in [0.05, 0.1) is 20.3 Å². The number of amides is 1. The summed E-state index contributed by atoms with van der Waals surface area (Å²) in [7, 11) is 3.42. The fourth-order valence-corrected chi connectivity index (χ4v) is 3.91. The van der Waals surface area contributed by atoms with Gasteiger partial charge in [0.25, 0.3) is 0 Å². The Morgan fingerprint density at radius 2 is 1.96 bits per heavy atom. The molecule has 0 bridgehead atoms. The van der Waals surface area contributed by atoms with Crippen molar-refractivity contribution in [3.05, 3.63) is 28.8 Å². The summed E-state index contributed by atoms with van der Waals surface area (Å²) in [5, 5.41) is 4.05. The molecule has 0 aliphatic carbocycles. The van der Waals surface area contributed by atoms with Crippen molar-refractivity contribution in [3.8, 4) is 5.75 Å². The molecular formula is C20H29ClN4O3. The van der Waals surface area contributed by atoms with Gasteiger partial charge in [-0.3, -0.25) is 9.79 Å². The van der Waals surface area contributed by atoms with Crippen molar-refractivity contribution in [1.82, 2.24) is 15.1 Å². The number of rotatable bonds is 4. The number of ether oxygens (including phenoxy) is 2. The highest BCUT2D eigenvalue weighted by Crippen LogP contribution is 2.24. The van der Waals surface area contributed by atoms with Crippen LogP contribution in [0.2, 0.25) is 5.02 Å². The molecule has 0 spiro atoms. The summed E-state index contributed by atoms with van der Waals surface area (Å²) >= 11 is 6.03. The number of aliphatic imine (C=N–C) groups is 1. The van der Waals surface area contributed by atoms with Gasteiger partial charge in [-0.25, -0.2) is 0 Å². The van der Waals surface area contributed by atoms with Crippen molar-refractivity contribution >= 4 is 23.5 Å². The largest absolute Gasteiger partial charge is 0.496 e. The first-order chi connectivity index (χ1) is 13.6. The third-order valence-electron chi connectivity index (χ3n) is 5.36. The molecular weight excluding hydrogens is 380 g/mol. The quantitative estimate of drug-likeness (QED) is 0.609. The van der Waals surface area contributed by atoms with Gasteiger partial charge in [0, 0.05) is 56.3 Å². The SMILES string of the molecule is CN=C(NCc1ccc(Cl)cc1OC)N1CCC(C(=O)N2CCOCC2)CC1. The molecule has 3 rings (SSSR count). The molecule has 0 unspecified atom stereocenters. The highest BCUT2D eigenvalue weighted by Gasteiger charge is 2.30. The smallest absolute Gasteiger partial charge is 0.225 e. The number of carbonyl (C=O) groups excluding carboxylic acids is 1. The number of nitrogens with one attached hydrogen (secondary N) is 1. The number of guanidine groups is 1. The second-order valence-electron chi connectivity index (χ2n) is 7.06. The lowest BCUT2D eigenvalue weighted by molar-refractivity contribution is -0.140. The van der Waals surface area contributed by atoms with Crippen LogP contribution in [0.3, 0.4) is 0 Å². The van der Waals surface area contributed by atoms with Crippen LogP contribution >= 0.6 is 11.6 Å². The van der Waals surface area contributed by atoms with Crippen LogP contribution in [0.4, 0.5) is 0 Å². The number of carbonyl (C=O) groups is 1. The van der Waals surface area contributed by atoms with Gasteiger partial charge in [-0.05, 0) is 25.0 Å². The van der Waals surface area contributed by atoms with Crippen LogP contribution < -0.4 is 10.1 Å². The van der Waals surface area contributed by atoms with E-state index in [1.165, 1.54) is 0 Å². The van der Waals surface area contributed by atoms with Gasteiger partial charge in [0.1, 0.15) is 5.75 Å². The number of benzene rings is 1. The molecule has 2 heterocycles.